The van der Waals surface area contributed by atoms with E-state index in [0.717, 1.165) is 0 Å². The molecule has 0 radical (unpaired) electrons. The molecule has 0 spiro atoms. The van der Waals surface area contributed by atoms with Gasteiger partial charge in [-0.3, -0.25) is 4.79 Å². The average molecular weight is 285 g/mol. The van der Waals surface area contributed by atoms with Crippen molar-refractivity contribution in [1.82, 2.24) is 15.0 Å². The van der Waals surface area contributed by atoms with Crippen LogP contribution in [0.4, 0.5) is 13.2 Å². The van der Waals surface area contributed by atoms with Crippen molar-refractivity contribution in [3.8, 4) is 11.4 Å². The summed E-state index contributed by atoms with van der Waals surface area (Å²) in [5, 5.41) is 6.60. The topological polar surface area (TPSA) is 57.0 Å². The molecule has 0 N–H and O–H groups in total. The lowest BCUT2D eigenvalue weighted by atomic mass is 10.2. The Morgan fingerprint density at radius 1 is 1.30 bits per heavy atom. The Hall–Kier alpha value is -2.38. The molecule has 2 aromatic rings. The third kappa shape index (κ3) is 2.63. The van der Waals surface area contributed by atoms with E-state index in [4.69, 9.17) is 4.74 Å². The second-order valence-corrected chi connectivity index (χ2v) is 3.78. The van der Waals surface area contributed by atoms with E-state index in [2.05, 4.69) is 10.3 Å². The van der Waals surface area contributed by atoms with Crippen molar-refractivity contribution in [1.29, 1.82) is 0 Å². The van der Waals surface area contributed by atoms with Gasteiger partial charge in [-0.05, 0) is 31.2 Å². The number of rotatable bonds is 4. The lowest BCUT2D eigenvalue weighted by molar-refractivity contribution is -0.143. The number of aldehydes is 1. The molecule has 5 nitrogen and oxygen atoms in total. The molecule has 1 heterocycles. The van der Waals surface area contributed by atoms with Crippen molar-refractivity contribution in [3.05, 3.63) is 35.7 Å². The van der Waals surface area contributed by atoms with Gasteiger partial charge in [-0.15, -0.1) is 5.10 Å². The van der Waals surface area contributed by atoms with Crippen LogP contribution in [0.1, 0.15) is 23.1 Å². The zero-order chi connectivity index (χ0) is 14.8. The molecule has 0 aliphatic rings. The first-order valence-corrected chi connectivity index (χ1v) is 5.68. The van der Waals surface area contributed by atoms with Gasteiger partial charge in [-0.25, -0.2) is 4.68 Å². The fraction of sp³-hybridized carbons (Fsp3) is 0.250. The second-order valence-electron chi connectivity index (χ2n) is 3.78. The van der Waals surface area contributed by atoms with E-state index < -0.39 is 17.6 Å². The summed E-state index contributed by atoms with van der Waals surface area (Å²) in [6, 6.07) is 5.84. The normalized spacial score (nSPS) is 11.4. The number of carbonyl (C=O) groups excluding carboxylic acids is 1. The van der Waals surface area contributed by atoms with Gasteiger partial charge in [0.05, 0.1) is 12.3 Å². The van der Waals surface area contributed by atoms with Crippen LogP contribution in [0, 0.1) is 0 Å². The predicted molar refractivity (Wildman–Crippen MR) is 62.9 cm³/mol. The lowest BCUT2D eigenvalue weighted by Gasteiger charge is -2.10. The largest absolute Gasteiger partial charge is 0.494 e. The average Bonchev–Trinajstić information content (AvgIpc) is 2.84. The standard InChI is InChI=1S/C12H10F3N3O2/c1-2-20-9-5-3-8(4-6-9)18-11(12(13,14)15)10(7-19)16-17-18/h3-7H,2H2,1H3. The Kier molecular flexibility index (Phi) is 3.73. The van der Waals surface area contributed by atoms with Gasteiger partial charge in [0.15, 0.2) is 17.7 Å². The maximum Gasteiger partial charge on any atom is 0.435 e. The van der Waals surface area contributed by atoms with E-state index in [0.29, 0.717) is 17.0 Å². The molecule has 8 heteroatoms. The van der Waals surface area contributed by atoms with Crippen molar-refractivity contribution in [2.75, 3.05) is 6.61 Å². The maximum atomic E-state index is 12.9. The molecule has 0 saturated carbocycles. The van der Waals surface area contributed by atoms with Gasteiger partial charge >= 0.3 is 6.18 Å². The molecule has 0 aliphatic carbocycles. The molecule has 106 valence electrons. The van der Waals surface area contributed by atoms with Crippen molar-refractivity contribution >= 4 is 6.29 Å². The first-order chi connectivity index (χ1) is 9.47. The Morgan fingerprint density at radius 2 is 1.95 bits per heavy atom. The monoisotopic (exact) mass is 285 g/mol. The minimum Gasteiger partial charge on any atom is -0.494 e. The van der Waals surface area contributed by atoms with Crippen LogP contribution in [-0.2, 0) is 6.18 Å². The number of aromatic nitrogens is 3. The summed E-state index contributed by atoms with van der Waals surface area (Å²) >= 11 is 0. The van der Waals surface area contributed by atoms with E-state index in [1.165, 1.54) is 24.3 Å². The van der Waals surface area contributed by atoms with Crippen LogP contribution in [0.25, 0.3) is 5.69 Å². The first-order valence-electron chi connectivity index (χ1n) is 5.68. The van der Waals surface area contributed by atoms with Crippen molar-refractivity contribution in [3.63, 3.8) is 0 Å². The number of nitrogens with zero attached hydrogens (tertiary/aromatic N) is 3. The molecule has 2 rings (SSSR count). The molecule has 0 aliphatic heterocycles. The highest BCUT2D eigenvalue weighted by Gasteiger charge is 2.39. The quantitative estimate of drug-likeness (QED) is 0.810. The molecule has 0 bridgehead atoms. The lowest BCUT2D eigenvalue weighted by Crippen LogP contribution is -2.15. The Labute approximate surface area is 112 Å². The molecule has 0 atom stereocenters. The first kappa shape index (κ1) is 14.0. The minimum atomic E-state index is -4.72. The summed E-state index contributed by atoms with van der Waals surface area (Å²) in [6.07, 6.45) is -4.70. The third-order valence-corrected chi connectivity index (χ3v) is 2.47. The van der Waals surface area contributed by atoms with E-state index in [9.17, 15) is 18.0 Å². The Morgan fingerprint density at radius 3 is 2.45 bits per heavy atom. The van der Waals surface area contributed by atoms with Gasteiger partial charge in [0.25, 0.3) is 0 Å². The number of benzene rings is 1. The van der Waals surface area contributed by atoms with E-state index in [-0.39, 0.29) is 12.0 Å². The SMILES string of the molecule is CCOc1ccc(-n2nnc(C=O)c2C(F)(F)F)cc1. The number of alkyl halides is 3. The molecule has 0 unspecified atom stereocenters. The highest BCUT2D eigenvalue weighted by atomic mass is 19.4. The summed E-state index contributed by atoms with van der Waals surface area (Å²) in [6.45, 7) is 2.25. The highest BCUT2D eigenvalue weighted by molar-refractivity contribution is 5.73. The highest BCUT2D eigenvalue weighted by Crippen LogP contribution is 2.32. The summed E-state index contributed by atoms with van der Waals surface area (Å²) in [5.74, 6) is 0.528. The van der Waals surface area contributed by atoms with Gasteiger partial charge in [-0.1, -0.05) is 5.21 Å². The van der Waals surface area contributed by atoms with Gasteiger partial charge in [0, 0.05) is 0 Å². The molecular formula is C12H10F3N3O2. The maximum absolute atomic E-state index is 12.9. The molecule has 0 amide bonds. The van der Waals surface area contributed by atoms with E-state index in [1.807, 2.05) is 0 Å². The molecule has 1 aromatic heterocycles. The molecular weight excluding hydrogens is 275 g/mol. The van der Waals surface area contributed by atoms with Crippen LogP contribution in [0.15, 0.2) is 24.3 Å². The number of carbonyl (C=O) groups is 1. The van der Waals surface area contributed by atoms with Crippen LogP contribution in [0.5, 0.6) is 5.75 Å². The van der Waals surface area contributed by atoms with Crippen LogP contribution < -0.4 is 4.74 Å². The fourth-order valence-corrected chi connectivity index (χ4v) is 1.67. The molecule has 0 fully saturated rings. The van der Waals surface area contributed by atoms with Crippen LogP contribution in [0.2, 0.25) is 0 Å². The summed E-state index contributed by atoms with van der Waals surface area (Å²) in [7, 11) is 0. The van der Waals surface area contributed by atoms with Crippen LogP contribution in [0.3, 0.4) is 0 Å². The number of ether oxygens (including phenoxy) is 1. The smallest absolute Gasteiger partial charge is 0.435 e. The zero-order valence-corrected chi connectivity index (χ0v) is 10.4. The van der Waals surface area contributed by atoms with E-state index in [1.54, 1.807) is 6.92 Å². The number of hydrogen-bond donors (Lipinski definition) is 0. The Bertz CT molecular complexity index is 605. The van der Waals surface area contributed by atoms with E-state index >= 15 is 0 Å². The summed E-state index contributed by atoms with van der Waals surface area (Å²) in [5.41, 5.74) is -1.80. The predicted octanol–water partition coefficient (Wildman–Crippen LogP) is 2.50. The third-order valence-electron chi connectivity index (χ3n) is 2.47. The molecule has 20 heavy (non-hydrogen) atoms. The number of halogens is 3. The van der Waals surface area contributed by atoms with Gasteiger partial charge in [0.2, 0.25) is 0 Å². The van der Waals surface area contributed by atoms with Gasteiger partial charge in [0.1, 0.15) is 5.75 Å². The van der Waals surface area contributed by atoms with Gasteiger partial charge in [-0.2, -0.15) is 13.2 Å². The summed E-state index contributed by atoms with van der Waals surface area (Å²) < 4.78 is 44.6. The minimum absolute atomic E-state index is 0.0287. The van der Waals surface area contributed by atoms with Crippen LogP contribution >= 0.6 is 0 Å². The van der Waals surface area contributed by atoms with Crippen molar-refractivity contribution in [2.45, 2.75) is 13.1 Å². The van der Waals surface area contributed by atoms with Crippen molar-refractivity contribution in [2.24, 2.45) is 0 Å². The van der Waals surface area contributed by atoms with Crippen LogP contribution in [-0.4, -0.2) is 27.9 Å². The van der Waals surface area contributed by atoms with Crippen molar-refractivity contribution < 1.29 is 22.7 Å². The fourth-order valence-electron chi connectivity index (χ4n) is 1.67. The van der Waals surface area contributed by atoms with Gasteiger partial charge < -0.3 is 4.74 Å². The zero-order valence-electron chi connectivity index (χ0n) is 10.4. The second kappa shape index (κ2) is 5.32. The molecule has 1 aromatic carbocycles. The number of hydrogen-bond acceptors (Lipinski definition) is 4. The molecule has 0 saturated heterocycles. The summed E-state index contributed by atoms with van der Waals surface area (Å²) in [4.78, 5) is 10.6. The Balaban J connectivity index is 2.47.